The molecule has 1 fully saturated rings. The predicted molar refractivity (Wildman–Crippen MR) is 67.7 cm³/mol. The molecule has 0 aromatic carbocycles. The second-order valence-electron chi connectivity index (χ2n) is 4.79. The van der Waals surface area contributed by atoms with Gasteiger partial charge in [-0.2, -0.15) is 0 Å². The Morgan fingerprint density at radius 3 is 2.94 bits per heavy atom. The molecule has 1 heterocycles. The predicted octanol–water partition coefficient (Wildman–Crippen LogP) is -0.192. The van der Waals surface area contributed by atoms with E-state index in [1.807, 2.05) is 7.05 Å². The van der Waals surface area contributed by atoms with E-state index in [0.29, 0.717) is 18.9 Å². The van der Waals surface area contributed by atoms with Crippen LogP contribution in [0, 0.1) is 5.92 Å². The van der Waals surface area contributed by atoms with Crippen LogP contribution in [0.2, 0.25) is 0 Å². The van der Waals surface area contributed by atoms with E-state index in [4.69, 9.17) is 10.5 Å². The summed E-state index contributed by atoms with van der Waals surface area (Å²) in [6, 6.07) is 0.122. The molecule has 1 aliphatic heterocycles. The Morgan fingerprint density at radius 2 is 2.41 bits per heavy atom. The first-order chi connectivity index (χ1) is 8.17. The summed E-state index contributed by atoms with van der Waals surface area (Å²) in [6.45, 7) is 3.19. The first-order valence-electron chi connectivity index (χ1n) is 6.36. The van der Waals surface area contributed by atoms with Crippen molar-refractivity contribution in [3.63, 3.8) is 0 Å². The number of hydrogen-bond acceptors (Lipinski definition) is 4. The Balaban J connectivity index is 2.36. The average molecular weight is 243 g/mol. The molecular formula is C12H25N3O2. The van der Waals surface area contributed by atoms with Gasteiger partial charge in [-0.25, -0.2) is 0 Å². The number of nitrogens with two attached hydrogens (primary N) is 1. The molecule has 3 N–H and O–H groups in total. The van der Waals surface area contributed by atoms with Crippen LogP contribution in [-0.4, -0.2) is 57.2 Å². The zero-order valence-electron chi connectivity index (χ0n) is 10.9. The van der Waals surface area contributed by atoms with Crippen LogP contribution in [0.4, 0.5) is 0 Å². The lowest BCUT2D eigenvalue weighted by molar-refractivity contribution is -0.121. The molecule has 1 rings (SSSR count). The summed E-state index contributed by atoms with van der Waals surface area (Å²) in [5, 5.41) is 2.64. The van der Waals surface area contributed by atoms with Gasteiger partial charge in [-0.05, 0) is 25.8 Å². The van der Waals surface area contributed by atoms with Crippen LogP contribution in [0.3, 0.4) is 0 Å². The third-order valence-corrected chi connectivity index (χ3v) is 3.40. The largest absolute Gasteiger partial charge is 0.381 e. The molecule has 0 aliphatic carbocycles. The molecule has 5 heteroatoms. The Morgan fingerprint density at radius 1 is 1.65 bits per heavy atom. The summed E-state index contributed by atoms with van der Waals surface area (Å²) in [7, 11) is 3.69. The second-order valence-corrected chi connectivity index (χ2v) is 4.79. The van der Waals surface area contributed by atoms with Crippen molar-refractivity contribution in [1.82, 2.24) is 10.2 Å². The fourth-order valence-corrected chi connectivity index (χ4v) is 2.24. The average Bonchev–Trinajstić information content (AvgIpc) is 2.36. The number of carbonyl (C=O) groups excluding carboxylic acids is 1. The monoisotopic (exact) mass is 243 g/mol. The molecule has 17 heavy (non-hydrogen) atoms. The Bertz CT molecular complexity index is 230. The summed E-state index contributed by atoms with van der Waals surface area (Å²) in [4.78, 5) is 13.5. The minimum Gasteiger partial charge on any atom is -0.381 e. The molecule has 1 amide bonds. The molecule has 5 nitrogen and oxygen atoms in total. The number of rotatable bonds is 6. The quantitative estimate of drug-likeness (QED) is 0.678. The molecule has 0 saturated carbocycles. The first kappa shape index (κ1) is 14.4. The first-order valence-corrected chi connectivity index (χ1v) is 6.36. The second kappa shape index (κ2) is 7.63. The van der Waals surface area contributed by atoms with Gasteiger partial charge in [-0.3, -0.25) is 4.79 Å². The number of nitrogens with zero attached hydrogens (tertiary/aromatic N) is 1. The van der Waals surface area contributed by atoms with Crippen LogP contribution in [0.15, 0.2) is 0 Å². The highest BCUT2D eigenvalue weighted by atomic mass is 16.5. The normalized spacial score (nSPS) is 22.5. The van der Waals surface area contributed by atoms with Gasteiger partial charge in [0, 0.05) is 39.2 Å². The Kier molecular flexibility index (Phi) is 6.47. The molecule has 100 valence electrons. The van der Waals surface area contributed by atoms with Crippen LogP contribution in [0.25, 0.3) is 0 Å². The van der Waals surface area contributed by atoms with Crippen LogP contribution in [-0.2, 0) is 9.53 Å². The molecule has 0 aromatic heterocycles. The summed E-state index contributed by atoms with van der Waals surface area (Å²) in [5.41, 5.74) is 5.73. The zero-order chi connectivity index (χ0) is 12.7. The maximum atomic E-state index is 11.4. The van der Waals surface area contributed by atoms with Gasteiger partial charge in [0.2, 0.25) is 5.91 Å². The molecule has 0 aromatic rings. The van der Waals surface area contributed by atoms with Crippen molar-refractivity contribution in [3.05, 3.63) is 0 Å². The highest BCUT2D eigenvalue weighted by Gasteiger charge is 2.21. The van der Waals surface area contributed by atoms with Gasteiger partial charge < -0.3 is 20.7 Å². The number of ether oxygens (including phenoxy) is 1. The lowest BCUT2D eigenvalue weighted by Crippen LogP contribution is -2.44. The summed E-state index contributed by atoms with van der Waals surface area (Å²) < 4.78 is 5.46. The van der Waals surface area contributed by atoms with Gasteiger partial charge in [0.25, 0.3) is 0 Å². The van der Waals surface area contributed by atoms with Gasteiger partial charge in [0.05, 0.1) is 6.61 Å². The molecule has 2 unspecified atom stereocenters. The lowest BCUT2D eigenvalue weighted by Gasteiger charge is -2.31. The van der Waals surface area contributed by atoms with E-state index in [-0.39, 0.29) is 11.9 Å². The molecule has 2 atom stereocenters. The van der Waals surface area contributed by atoms with Crippen molar-refractivity contribution in [2.75, 3.05) is 40.4 Å². The SMILES string of the molecule is CNC(=O)CC(CN)N(C)CC1CCCOC1. The lowest BCUT2D eigenvalue weighted by atomic mass is 10.0. The molecule has 0 bridgehead atoms. The van der Waals surface area contributed by atoms with Crippen LogP contribution < -0.4 is 11.1 Å². The molecular weight excluding hydrogens is 218 g/mol. The van der Waals surface area contributed by atoms with Crippen molar-refractivity contribution in [3.8, 4) is 0 Å². The van der Waals surface area contributed by atoms with Crippen LogP contribution in [0.5, 0.6) is 0 Å². The van der Waals surface area contributed by atoms with E-state index < -0.39 is 0 Å². The molecule has 1 aliphatic rings. The van der Waals surface area contributed by atoms with Crippen LogP contribution >= 0.6 is 0 Å². The summed E-state index contributed by atoms with van der Waals surface area (Å²) in [5.74, 6) is 0.625. The topological polar surface area (TPSA) is 67.6 Å². The van der Waals surface area contributed by atoms with Crippen molar-refractivity contribution < 1.29 is 9.53 Å². The van der Waals surface area contributed by atoms with E-state index in [0.717, 1.165) is 26.2 Å². The highest BCUT2D eigenvalue weighted by molar-refractivity contribution is 5.76. The van der Waals surface area contributed by atoms with Gasteiger partial charge in [-0.15, -0.1) is 0 Å². The van der Waals surface area contributed by atoms with Crippen molar-refractivity contribution in [1.29, 1.82) is 0 Å². The van der Waals surface area contributed by atoms with Gasteiger partial charge in [0.15, 0.2) is 0 Å². The van der Waals surface area contributed by atoms with E-state index in [9.17, 15) is 4.79 Å². The number of amides is 1. The van der Waals surface area contributed by atoms with Crippen LogP contribution in [0.1, 0.15) is 19.3 Å². The smallest absolute Gasteiger partial charge is 0.221 e. The van der Waals surface area contributed by atoms with Gasteiger partial charge in [0.1, 0.15) is 0 Å². The van der Waals surface area contributed by atoms with E-state index in [1.165, 1.54) is 6.42 Å². The minimum atomic E-state index is 0.0483. The molecule has 0 spiro atoms. The fraction of sp³-hybridized carbons (Fsp3) is 0.917. The fourth-order valence-electron chi connectivity index (χ4n) is 2.24. The zero-order valence-corrected chi connectivity index (χ0v) is 10.9. The third kappa shape index (κ3) is 5.02. The maximum absolute atomic E-state index is 11.4. The maximum Gasteiger partial charge on any atom is 0.221 e. The van der Waals surface area contributed by atoms with E-state index in [1.54, 1.807) is 7.05 Å². The van der Waals surface area contributed by atoms with E-state index in [2.05, 4.69) is 10.2 Å². The van der Waals surface area contributed by atoms with Crippen molar-refractivity contribution in [2.45, 2.75) is 25.3 Å². The van der Waals surface area contributed by atoms with Crippen molar-refractivity contribution in [2.24, 2.45) is 11.7 Å². The standard InChI is InChI=1S/C12H25N3O2/c1-14-12(16)6-11(7-13)15(2)8-10-4-3-5-17-9-10/h10-11H,3-9,13H2,1-2H3,(H,14,16). The van der Waals surface area contributed by atoms with Crippen molar-refractivity contribution >= 4 is 5.91 Å². The number of likely N-dealkylation sites (N-methyl/N-ethyl adjacent to an activating group) is 1. The third-order valence-electron chi connectivity index (χ3n) is 3.40. The Labute approximate surface area is 104 Å². The van der Waals surface area contributed by atoms with E-state index >= 15 is 0 Å². The molecule has 0 radical (unpaired) electrons. The van der Waals surface area contributed by atoms with Gasteiger partial charge in [-0.1, -0.05) is 0 Å². The number of nitrogens with one attached hydrogen (secondary N) is 1. The Hall–Kier alpha value is -0.650. The summed E-state index contributed by atoms with van der Waals surface area (Å²) in [6.07, 6.45) is 2.82. The number of hydrogen-bond donors (Lipinski definition) is 2. The summed E-state index contributed by atoms with van der Waals surface area (Å²) >= 11 is 0. The van der Waals surface area contributed by atoms with Gasteiger partial charge >= 0.3 is 0 Å². The number of carbonyl (C=O) groups is 1. The highest BCUT2D eigenvalue weighted by Crippen LogP contribution is 2.15. The molecule has 1 saturated heterocycles. The minimum absolute atomic E-state index is 0.0483.